The van der Waals surface area contributed by atoms with E-state index in [1.165, 1.54) is 12.1 Å². The van der Waals surface area contributed by atoms with Crippen molar-refractivity contribution in [2.75, 3.05) is 7.11 Å². The molecule has 0 amide bonds. The fourth-order valence-electron chi connectivity index (χ4n) is 2.61. The number of aryl methyl sites for hydroxylation is 1. The van der Waals surface area contributed by atoms with Gasteiger partial charge in [0.25, 0.3) is 0 Å². The van der Waals surface area contributed by atoms with E-state index in [1.807, 2.05) is 25.1 Å². The van der Waals surface area contributed by atoms with Crippen molar-refractivity contribution in [1.82, 2.24) is 10.3 Å². The number of hydrogen-bond donors (Lipinski definition) is 1. The molecule has 1 heterocycles. The third kappa shape index (κ3) is 5.28. The predicted octanol–water partition coefficient (Wildman–Crippen LogP) is 5.03. The molecule has 0 saturated heterocycles. The minimum absolute atomic E-state index is 0.184. The van der Waals surface area contributed by atoms with Crippen molar-refractivity contribution in [3.8, 4) is 11.5 Å². The van der Waals surface area contributed by atoms with Gasteiger partial charge >= 0.3 is 0 Å². The molecule has 0 aliphatic carbocycles. The average Bonchev–Trinajstić information content (AvgIpc) is 3.12. The molecule has 0 spiro atoms. The van der Waals surface area contributed by atoms with Crippen LogP contribution in [0.2, 0.25) is 0 Å². The van der Waals surface area contributed by atoms with E-state index in [0.717, 1.165) is 21.8 Å². The van der Waals surface area contributed by atoms with Crippen LogP contribution in [0.4, 0.5) is 4.39 Å². The highest BCUT2D eigenvalue weighted by Gasteiger charge is 2.11. The first kappa shape index (κ1) is 19.3. The summed E-state index contributed by atoms with van der Waals surface area (Å²) in [4.78, 5) is 4.52. The van der Waals surface area contributed by atoms with Crippen LogP contribution in [0.3, 0.4) is 0 Å². The van der Waals surface area contributed by atoms with Gasteiger partial charge in [-0.15, -0.1) is 11.3 Å². The second-order valence-corrected chi connectivity index (χ2v) is 7.22. The normalized spacial score (nSPS) is 12.0. The van der Waals surface area contributed by atoms with Gasteiger partial charge in [-0.2, -0.15) is 0 Å². The Morgan fingerprint density at radius 1 is 1.11 bits per heavy atom. The van der Waals surface area contributed by atoms with Gasteiger partial charge in [-0.05, 0) is 49.2 Å². The first-order chi connectivity index (χ1) is 13.0. The predicted molar refractivity (Wildman–Crippen MR) is 106 cm³/mol. The van der Waals surface area contributed by atoms with Gasteiger partial charge in [0.1, 0.15) is 17.4 Å². The van der Waals surface area contributed by atoms with Crippen LogP contribution in [0, 0.1) is 12.7 Å². The summed E-state index contributed by atoms with van der Waals surface area (Å²) >= 11 is 1.67. The molecule has 6 heteroatoms. The summed E-state index contributed by atoms with van der Waals surface area (Å²) in [6.45, 7) is 5.17. The fourth-order valence-corrected chi connectivity index (χ4v) is 3.44. The molecule has 0 saturated carbocycles. The molecular formula is C21H23FN2O2S. The topological polar surface area (TPSA) is 43.4 Å². The maximum Gasteiger partial charge on any atom is 0.161 e. The largest absolute Gasteiger partial charge is 0.493 e. The monoisotopic (exact) mass is 386 g/mol. The van der Waals surface area contributed by atoms with E-state index in [0.29, 0.717) is 24.7 Å². The molecule has 1 N–H and O–H groups in total. The van der Waals surface area contributed by atoms with Crippen LogP contribution in [0.1, 0.15) is 34.8 Å². The quantitative estimate of drug-likeness (QED) is 0.590. The van der Waals surface area contributed by atoms with Gasteiger partial charge < -0.3 is 14.8 Å². The molecular weight excluding hydrogens is 363 g/mol. The molecule has 1 unspecified atom stereocenters. The summed E-state index contributed by atoms with van der Waals surface area (Å²) in [6.07, 6.45) is 0. The summed E-state index contributed by atoms with van der Waals surface area (Å²) in [5, 5.41) is 6.62. The third-order valence-electron chi connectivity index (χ3n) is 4.16. The molecule has 0 aliphatic rings. The average molecular weight is 386 g/mol. The van der Waals surface area contributed by atoms with Crippen molar-refractivity contribution in [3.63, 3.8) is 0 Å². The highest BCUT2D eigenvalue weighted by atomic mass is 32.1. The number of thiazole rings is 1. The van der Waals surface area contributed by atoms with Crippen molar-refractivity contribution in [1.29, 1.82) is 0 Å². The van der Waals surface area contributed by atoms with Gasteiger partial charge in [0.05, 0.1) is 13.2 Å². The Morgan fingerprint density at radius 2 is 1.85 bits per heavy atom. The van der Waals surface area contributed by atoms with Crippen molar-refractivity contribution < 1.29 is 13.9 Å². The Hall–Kier alpha value is -2.44. The molecule has 27 heavy (non-hydrogen) atoms. The van der Waals surface area contributed by atoms with Gasteiger partial charge in [0.2, 0.25) is 0 Å². The van der Waals surface area contributed by atoms with Gasteiger partial charge in [0.15, 0.2) is 11.5 Å². The van der Waals surface area contributed by atoms with Crippen LogP contribution in [0.5, 0.6) is 11.5 Å². The van der Waals surface area contributed by atoms with Crippen molar-refractivity contribution in [3.05, 3.63) is 75.5 Å². The molecule has 142 valence electrons. The number of hydrogen-bond acceptors (Lipinski definition) is 5. The number of rotatable bonds is 8. The number of nitrogens with one attached hydrogen (secondary N) is 1. The number of halogens is 1. The van der Waals surface area contributed by atoms with E-state index in [1.54, 1.807) is 30.6 Å². The van der Waals surface area contributed by atoms with E-state index in [9.17, 15) is 4.39 Å². The molecule has 0 bridgehead atoms. The number of ether oxygens (including phenoxy) is 2. The SMILES string of the molecule is COc1cc(CNC(C)c2nc(C)cs2)ccc1OCc1ccc(F)cc1. The smallest absolute Gasteiger partial charge is 0.161 e. The van der Waals surface area contributed by atoms with Gasteiger partial charge in [-0.25, -0.2) is 9.37 Å². The number of methoxy groups -OCH3 is 1. The highest BCUT2D eigenvalue weighted by Crippen LogP contribution is 2.29. The minimum atomic E-state index is -0.254. The standard InChI is InChI=1S/C21H23FN2O2S/c1-14-13-27-21(24-14)15(2)23-11-17-6-9-19(20(10-17)25-3)26-12-16-4-7-18(22)8-5-16/h4-10,13,15,23H,11-12H2,1-3H3. The van der Waals surface area contributed by atoms with E-state index in [2.05, 4.69) is 22.6 Å². The first-order valence-electron chi connectivity index (χ1n) is 8.74. The number of benzene rings is 2. The van der Waals surface area contributed by atoms with E-state index in [-0.39, 0.29) is 11.9 Å². The zero-order valence-electron chi connectivity index (χ0n) is 15.7. The highest BCUT2D eigenvalue weighted by molar-refractivity contribution is 7.09. The molecule has 3 rings (SSSR count). The minimum Gasteiger partial charge on any atom is -0.493 e. The maximum absolute atomic E-state index is 13.0. The van der Waals surface area contributed by atoms with E-state index < -0.39 is 0 Å². The lowest BCUT2D eigenvalue weighted by Gasteiger charge is -2.14. The molecule has 3 aromatic rings. The number of aromatic nitrogens is 1. The summed E-state index contributed by atoms with van der Waals surface area (Å²) in [6, 6.07) is 12.3. The Morgan fingerprint density at radius 3 is 2.52 bits per heavy atom. The fraction of sp³-hybridized carbons (Fsp3) is 0.286. The zero-order chi connectivity index (χ0) is 19.2. The van der Waals surface area contributed by atoms with Crippen LogP contribution >= 0.6 is 11.3 Å². The number of nitrogens with zero attached hydrogens (tertiary/aromatic N) is 1. The second kappa shape index (κ2) is 8.97. The Kier molecular flexibility index (Phi) is 6.42. The first-order valence-corrected chi connectivity index (χ1v) is 9.62. The van der Waals surface area contributed by atoms with Crippen LogP contribution < -0.4 is 14.8 Å². The summed E-state index contributed by atoms with van der Waals surface area (Å²) in [7, 11) is 1.62. The molecule has 0 radical (unpaired) electrons. The molecule has 2 aromatic carbocycles. The van der Waals surface area contributed by atoms with Gasteiger partial charge in [0, 0.05) is 17.6 Å². The van der Waals surface area contributed by atoms with Crippen LogP contribution in [-0.4, -0.2) is 12.1 Å². The molecule has 0 fully saturated rings. The van der Waals surface area contributed by atoms with Crippen LogP contribution in [0.15, 0.2) is 47.8 Å². The lowest BCUT2D eigenvalue weighted by Crippen LogP contribution is -2.18. The molecule has 1 aromatic heterocycles. The van der Waals surface area contributed by atoms with Crippen molar-refractivity contribution in [2.45, 2.75) is 33.0 Å². The van der Waals surface area contributed by atoms with Crippen molar-refractivity contribution in [2.24, 2.45) is 0 Å². The lowest BCUT2D eigenvalue weighted by molar-refractivity contribution is 0.284. The summed E-state index contributed by atoms with van der Waals surface area (Å²) < 4.78 is 24.3. The van der Waals surface area contributed by atoms with Crippen LogP contribution in [-0.2, 0) is 13.2 Å². The Balaban J connectivity index is 1.60. The van der Waals surface area contributed by atoms with Gasteiger partial charge in [-0.1, -0.05) is 18.2 Å². The van der Waals surface area contributed by atoms with Gasteiger partial charge in [-0.3, -0.25) is 0 Å². The van der Waals surface area contributed by atoms with E-state index in [4.69, 9.17) is 9.47 Å². The summed E-state index contributed by atoms with van der Waals surface area (Å²) in [5.74, 6) is 1.08. The Bertz CT molecular complexity index is 880. The summed E-state index contributed by atoms with van der Waals surface area (Å²) in [5.41, 5.74) is 3.05. The van der Waals surface area contributed by atoms with E-state index >= 15 is 0 Å². The molecule has 1 atom stereocenters. The Labute approximate surface area is 163 Å². The lowest BCUT2D eigenvalue weighted by atomic mass is 10.2. The van der Waals surface area contributed by atoms with Crippen molar-refractivity contribution >= 4 is 11.3 Å². The molecule has 0 aliphatic heterocycles. The third-order valence-corrected chi connectivity index (χ3v) is 5.30. The molecule has 4 nitrogen and oxygen atoms in total. The van der Waals surface area contributed by atoms with Crippen LogP contribution in [0.25, 0.3) is 0 Å². The second-order valence-electron chi connectivity index (χ2n) is 6.33. The maximum atomic E-state index is 13.0. The zero-order valence-corrected chi connectivity index (χ0v) is 16.5.